The number of nitrogens with one attached hydrogen (secondary N) is 2. The molecule has 0 saturated carbocycles. The first-order valence-corrected chi connectivity index (χ1v) is 7.37. The van der Waals surface area contributed by atoms with E-state index < -0.39 is 0 Å². The Morgan fingerprint density at radius 1 is 1.33 bits per heavy atom. The normalized spacial score (nSPS) is 18.8. The minimum atomic E-state index is 0.130. The van der Waals surface area contributed by atoms with E-state index in [1.54, 1.807) is 19.6 Å². The molecule has 2 N–H and O–H groups in total. The number of nitrogens with zero attached hydrogens (tertiary/aromatic N) is 2. The lowest BCUT2D eigenvalue weighted by atomic mass is 9.88. The van der Waals surface area contributed by atoms with Crippen molar-refractivity contribution in [1.82, 2.24) is 15.5 Å². The zero-order valence-electron chi connectivity index (χ0n) is 13.2. The molecule has 1 fully saturated rings. The zero-order valence-corrected chi connectivity index (χ0v) is 13.2. The summed E-state index contributed by atoms with van der Waals surface area (Å²) in [5.41, 5.74) is 1.23. The zero-order chi connectivity index (χ0) is 15.1. The van der Waals surface area contributed by atoms with Gasteiger partial charge in [0.25, 0.3) is 0 Å². The van der Waals surface area contributed by atoms with Crippen molar-refractivity contribution in [2.24, 2.45) is 4.99 Å². The second kappa shape index (κ2) is 7.47. The average Bonchev–Trinajstić information content (AvgIpc) is 3.01. The number of hydrogen-bond donors (Lipinski definition) is 2. The lowest BCUT2D eigenvalue weighted by molar-refractivity contribution is -0.00501. The highest BCUT2D eigenvalue weighted by Gasteiger charge is 2.34. The summed E-state index contributed by atoms with van der Waals surface area (Å²) >= 11 is 0. The van der Waals surface area contributed by atoms with Gasteiger partial charge in [0.1, 0.15) is 0 Å². The van der Waals surface area contributed by atoms with Crippen LogP contribution in [0.5, 0.6) is 0 Å². The fraction of sp³-hybridized carbons (Fsp3) is 0.667. The lowest BCUT2D eigenvalue weighted by Crippen LogP contribution is -2.57. The number of rotatable bonds is 5. The fourth-order valence-electron chi connectivity index (χ4n) is 2.58. The fourth-order valence-corrected chi connectivity index (χ4v) is 2.58. The lowest BCUT2D eigenvalue weighted by Gasteiger charge is -2.43. The van der Waals surface area contributed by atoms with Crippen molar-refractivity contribution in [1.29, 1.82) is 0 Å². The molecule has 0 aliphatic carbocycles. The van der Waals surface area contributed by atoms with Gasteiger partial charge in [0.15, 0.2) is 5.96 Å². The van der Waals surface area contributed by atoms with Crippen LogP contribution in [0.4, 0.5) is 0 Å². The highest BCUT2D eigenvalue weighted by Crippen LogP contribution is 2.24. The summed E-state index contributed by atoms with van der Waals surface area (Å²) in [6, 6.07) is 1.94. The molecule has 1 aromatic rings. The van der Waals surface area contributed by atoms with E-state index in [0.717, 1.165) is 44.1 Å². The first kappa shape index (κ1) is 15.9. The second-order valence-electron chi connectivity index (χ2n) is 5.64. The third-order valence-corrected chi connectivity index (χ3v) is 4.22. The summed E-state index contributed by atoms with van der Waals surface area (Å²) in [6.07, 6.45) is 5.48. The molecule has 0 unspecified atom stereocenters. The number of likely N-dealkylation sites (N-methyl/N-ethyl adjacent to an activating group) is 1. The van der Waals surface area contributed by atoms with E-state index >= 15 is 0 Å². The summed E-state index contributed by atoms with van der Waals surface area (Å²) < 4.78 is 10.6. The van der Waals surface area contributed by atoms with Crippen molar-refractivity contribution in [3.05, 3.63) is 24.2 Å². The van der Waals surface area contributed by atoms with Crippen molar-refractivity contribution < 1.29 is 9.15 Å². The van der Waals surface area contributed by atoms with Crippen LogP contribution in [0.3, 0.4) is 0 Å². The molecule has 0 atom stereocenters. The summed E-state index contributed by atoms with van der Waals surface area (Å²) in [5, 5.41) is 6.73. The summed E-state index contributed by atoms with van der Waals surface area (Å²) in [7, 11) is 6.06. The first-order valence-electron chi connectivity index (χ1n) is 7.37. The van der Waals surface area contributed by atoms with E-state index in [9.17, 15) is 0 Å². The third kappa shape index (κ3) is 4.22. The van der Waals surface area contributed by atoms with Gasteiger partial charge in [-0.05, 0) is 33.0 Å². The Balaban J connectivity index is 1.86. The van der Waals surface area contributed by atoms with Gasteiger partial charge >= 0.3 is 0 Å². The number of ether oxygens (including phenoxy) is 1. The van der Waals surface area contributed by atoms with Crippen molar-refractivity contribution in [2.45, 2.75) is 24.9 Å². The molecule has 6 nitrogen and oxygen atoms in total. The minimum absolute atomic E-state index is 0.130. The van der Waals surface area contributed by atoms with E-state index in [2.05, 4.69) is 34.6 Å². The van der Waals surface area contributed by atoms with Crippen LogP contribution >= 0.6 is 0 Å². The molecule has 118 valence electrons. The van der Waals surface area contributed by atoms with Crippen LogP contribution in [-0.4, -0.2) is 57.3 Å². The van der Waals surface area contributed by atoms with Crippen LogP contribution < -0.4 is 10.6 Å². The Morgan fingerprint density at radius 3 is 2.67 bits per heavy atom. The van der Waals surface area contributed by atoms with Crippen LogP contribution in [0, 0.1) is 0 Å². The standard InChI is InChI=1S/C15H26N4O2/c1-16-14(17-10-13-4-7-21-11-13)18-12-15(19(2)3)5-8-20-9-6-15/h4,7,11H,5-6,8-10,12H2,1-3H3,(H2,16,17,18). The molecule has 0 radical (unpaired) electrons. The van der Waals surface area contributed by atoms with Gasteiger partial charge in [-0.1, -0.05) is 0 Å². The largest absolute Gasteiger partial charge is 0.472 e. The molecule has 6 heteroatoms. The molecular weight excluding hydrogens is 268 g/mol. The van der Waals surface area contributed by atoms with Gasteiger partial charge in [-0.3, -0.25) is 4.99 Å². The quantitative estimate of drug-likeness (QED) is 0.628. The van der Waals surface area contributed by atoms with Crippen LogP contribution in [-0.2, 0) is 11.3 Å². The smallest absolute Gasteiger partial charge is 0.191 e. The van der Waals surface area contributed by atoms with Crippen molar-refractivity contribution in [3.63, 3.8) is 0 Å². The Kier molecular flexibility index (Phi) is 5.64. The minimum Gasteiger partial charge on any atom is -0.472 e. The second-order valence-corrected chi connectivity index (χ2v) is 5.64. The van der Waals surface area contributed by atoms with E-state index in [1.807, 2.05) is 6.07 Å². The van der Waals surface area contributed by atoms with Crippen molar-refractivity contribution in [2.75, 3.05) is 40.9 Å². The van der Waals surface area contributed by atoms with Gasteiger partial charge in [-0.25, -0.2) is 0 Å². The van der Waals surface area contributed by atoms with Gasteiger partial charge in [-0.2, -0.15) is 0 Å². The van der Waals surface area contributed by atoms with Crippen LogP contribution in [0.25, 0.3) is 0 Å². The molecule has 0 spiro atoms. The Bertz CT molecular complexity index is 437. The topological polar surface area (TPSA) is 62.0 Å². The molecule has 1 aliphatic heterocycles. The molecule has 0 bridgehead atoms. The Hall–Kier alpha value is -1.53. The maximum absolute atomic E-state index is 5.49. The van der Waals surface area contributed by atoms with Crippen LogP contribution in [0.15, 0.2) is 28.0 Å². The van der Waals surface area contributed by atoms with Gasteiger partial charge < -0.3 is 24.7 Å². The van der Waals surface area contributed by atoms with Crippen LogP contribution in [0.2, 0.25) is 0 Å². The molecule has 1 aromatic heterocycles. The highest BCUT2D eigenvalue weighted by molar-refractivity contribution is 5.79. The molecule has 2 rings (SSSR count). The van der Waals surface area contributed by atoms with Crippen molar-refractivity contribution >= 4 is 5.96 Å². The van der Waals surface area contributed by atoms with Gasteiger partial charge in [0, 0.05) is 44.5 Å². The van der Waals surface area contributed by atoms with E-state index in [-0.39, 0.29) is 5.54 Å². The SMILES string of the molecule is CN=C(NCc1ccoc1)NCC1(N(C)C)CCOCC1. The van der Waals surface area contributed by atoms with Gasteiger partial charge in [0.2, 0.25) is 0 Å². The molecular formula is C15H26N4O2. The van der Waals surface area contributed by atoms with E-state index in [4.69, 9.17) is 9.15 Å². The summed E-state index contributed by atoms with van der Waals surface area (Å²) in [5.74, 6) is 0.809. The molecule has 2 heterocycles. The molecule has 1 saturated heterocycles. The predicted octanol–water partition coefficient (Wildman–Crippen LogP) is 1.06. The Morgan fingerprint density at radius 2 is 2.10 bits per heavy atom. The predicted molar refractivity (Wildman–Crippen MR) is 83.4 cm³/mol. The van der Waals surface area contributed by atoms with Crippen molar-refractivity contribution in [3.8, 4) is 0 Å². The van der Waals surface area contributed by atoms with Gasteiger partial charge in [-0.15, -0.1) is 0 Å². The third-order valence-electron chi connectivity index (χ3n) is 4.22. The first-order chi connectivity index (χ1) is 10.2. The number of aliphatic imine (C=N–C) groups is 1. The highest BCUT2D eigenvalue weighted by atomic mass is 16.5. The summed E-state index contributed by atoms with van der Waals surface area (Å²) in [4.78, 5) is 6.57. The van der Waals surface area contributed by atoms with Crippen LogP contribution in [0.1, 0.15) is 18.4 Å². The molecule has 0 aromatic carbocycles. The number of guanidine groups is 1. The Labute approximate surface area is 126 Å². The average molecular weight is 294 g/mol. The molecule has 0 amide bonds. The molecule has 1 aliphatic rings. The monoisotopic (exact) mass is 294 g/mol. The van der Waals surface area contributed by atoms with E-state index in [1.165, 1.54) is 0 Å². The van der Waals surface area contributed by atoms with E-state index in [0.29, 0.717) is 6.54 Å². The number of furan rings is 1. The molecule has 21 heavy (non-hydrogen) atoms. The summed E-state index contributed by atoms with van der Waals surface area (Å²) in [6.45, 7) is 3.20. The number of hydrogen-bond acceptors (Lipinski definition) is 4. The maximum Gasteiger partial charge on any atom is 0.191 e. The van der Waals surface area contributed by atoms with Gasteiger partial charge in [0.05, 0.1) is 12.5 Å². The maximum atomic E-state index is 5.49.